The van der Waals surface area contributed by atoms with Crippen LogP contribution >= 0.6 is 11.6 Å². The fourth-order valence-electron chi connectivity index (χ4n) is 3.39. The number of carbonyl (C=O) groups is 2. The Kier molecular flexibility index (Phi) is 4.61. The Morgan fingerprint density at radius 3 is 2.78 bits per heavy atom. The lowest BCUT2D eigenvalue weighted by atomic mass is 10.1. The number of amides is 1. The van der Waals surface area contributed by atoms with Crippen molar-refractivity contribution >= 4 is 23.5 Å². The molecule has 2 atom stereocenters. The van der Waals surface area contributed by atoms with E-state index in [-0.39, 0.29) is 24.4 Å². The summed E-state index contributed by atoms with van der Waals surface area (Å²) in [7, 11) is 1.79. The highest BCUT2D eigenvalue weighted by atomic mass is 35.5. The second-order valence-corrected chi connectivity index (χ2v) is 6.69. The summed E-state index contributed by atoms with van der Waals surface area (Å²) in [6.07, 6.45) is 1.70. The lowest BCUT2D eigenvalue weighted by Crippen LogP contribution is -2.47. The summed E-state index contributed by atoms with van der Waals surface area (Å²) in [4.78, 5) is 27.6. The second kappa shape index (κ2) is 6.51. The first-order valence-electron chi connectivity index (χ1n) is 7.58. The van der Waals surface area contributed by atoms with Gasteiger partial charge in [-0.3, -0.25) is 14.5 Å². The van der Waals surface area contributed by atoms with E-state index < -0.39 is 5.97 Å². The summed E-state index contributed by atoms with van der Waals surface area (Å²) >= 11 is 5.98. The molecule has 3 rings (SSSR count). The number of hydrogen-bond donors (Lipinski definition) is 1. The molecule has 2 fully saturated rings. The highest BCUT2D eigenvalue weighted by Gasteiger charge is 2.37. The Balaban J connectivity index is 1.83. The van der Waals surface area contributed by atoms with Crippen LogP contribution in [0.2, 0.25) is 5.02 Å². The fraction of sp³-hybridized carbons (Fsp3) is 0.600. The molecule has 0 aromatic carbocycles. The number of carboxylic acids is 1. The molecule has 1 N–H and O–H groups in total. The third-order valence-corrected chi connectivity index (χ3v) is 4.56. The third kappa shape index (κ3) is 3.52. The molecule has 0 saturated carbocycles. The summed E-state index contributed by atoms with van der Waals surface area (Å²) in [5, 5.41) is 9.57. The average molecular weight is 342 g/mol. The topological polar surface area (TPSA) is 75.0 Å². The molecule has 0 aliphatic carbocycles. The summed E-state index contributed by atoms with van der Waals surface area (Å²) < 4.78 is 7.38. The van der Waals surface area contributed by atoms with E-state index in [1.807, 2.05) is 9.80 Å². The van der Waals surface area contributed by atoms with E-state index in [0.717, 1.165) is 0 Å². The van der Waals surface area contributed by atoms with Gasteiger partial charge >= 0.3 is 5.97 Å². The number of halogens is 1. The molecule has 1 aromatic rings. The minimum Gasteiger partial charge on any atom is -0.480 e. The highest BCUT2D eigenvalue weighted by molar-refractivity contribution is 6.31. The van der Waals surface area contributed by atoms with Crippen LogP contribution in [0, 0.1) is 5.92 Å². The molecule has 7 nitrogen and oxygen atoms in total. The first-order chi connectivity index (χ1) is 10.9. The maximum absolute atomic E-state index is 12.9. The van der Waals surface area contributed by atoms with Gasteiger partial charge in [0.1, 0.15) is 5.69 Å². The van der Waals surface area contributed by atoms with Crippen LogP contribution < -0.4 is 0 Å². The molecule has 3 heterocycles. The zero-order valence-electron chi connectivity index (χ0n) is 12.9. The van der Waals surface area contributed by atoms with Crippen molar-refractivity contribution in [3.05, 3.63) is 23.0 Å². The molecule has 1 amide bonds. The Hall–Kier alpha value is -1.57. The number of carbonyl (C=O) groups excluding carboxylic acids is 1. The second-order valence-electron chi connectivity index (χ2n) is 6.26. The van der Waals surface area contributed by atoms with E-state index in [4.69, 9.17) is 21.4 Å². The van der Waals surface area contributed by atoms with Gasteiger partial charge in [0.15, 0.2) is 0 Å². The van der Waals surface area contributed by atoms with E-state index in [2.05, 4.69) is 0 Å². The lowest BCUT2D eigenvalue weighted by Gasteiger charge is -2.30. The van der Waals surface area contributed by atoms with Crippen LogP contribution in [0.5, 0.6) is 0 Å². The van der Waals surface area contributed by atoms with E-state index in [0.29, 0.717) is 43.6 Å². The van der Waals surface area contributed by atoms with Crippen LogP contribution in [-0.2, 0) is 16.6 Å². The first-order valence-corrected chi connectivity index (χ1v) is 7.96. The molecule has 2 aliphatic heterocycles. The quantitative estimate of drug-likeness (QED) is 0.868. The molecule has 2 bridgehead atoms. The highest BCUT2D eigenvalue weighted by Crippen LogP contribution is 2.23. The molecule has 2 saturated heterocycles. The minimum absolute atomic E-state index is 0.00892. The molecular weight excluding hydrogens is 322 g/mol. The van der Waals surface area contributed by atoms with E-state index in [1.54, 1.807) is 23.9 Å². The standard InChI is InChI=1S/C15H20ClN3O4/c1-17-5-11(16)2-13(17)15(22)19-4-10-3-18(7-14(20)21)6-12(19)9-23-8-10/h2,5,10,12H,3-4,6-9H2,1H3,(H,20,21)/t10-,12-/m0/s1. The molecule has 0 radical (unpaired) electrons. The summed E-state index contributed by atoms with van der Waals surface area (Å²) in [5.41, 5.74) is 0.535. The number of fused-ring (bicyclic) bond motifs is 3. The van der Waals surface area contributed by atoms with Gasteiger partial charge in [-0.2, -0.15) is 0 Å². The smallest absolute Gasteiger partial charge is 0.317 e. The van der Waals surface area contributed by atoms with Gasteiger partial charge in [0.25, 0.3) is 5.91 Å². The molecule has 126 valence electrons. The number of aliphatic carboxylic acids is 1. The summed E-state index contributed by atoms with van der Waals surface area (Å²) in [6.45, 7) is 2.67. The Morgan fingerprint density at radius 2 is 2.13 bits per heavy atom. The number of ether oxygens (including phenoxy) is 1. The molecular formula is C15H20ClN3O4. The number of aromatic nitrogens is 1. The fourth-order valence-corrected chi connectivity index (χ4v) is 3.64. The first kappa shape index (κ1) is 16.3. The van der Waals surface area contributed by atoms with Crippen LogP contribution in [0.3, 0.4) is 0 Å². The van der Waals surface area contributed by atoms with Gasteiger partial charge in [0.05, 0.1) is 30.8 Å². The molecule has 1 aromatic heterocycles. The Morgan fingerprint density at radius 1 is 1.35 bits per heavy atom. The number of carboxylic acid groups (broad SMARTS) is 1. The number of rotatable bonds is 3. The van der Waals surface area contributed by atoms with Gasteiger partial charge in [0.2, 0.25) is 0 Å². The third-order valence-electron chi connectivity index (χ3n) is 4.36. The van der Waals surface area contributed by atoms with Crippen LogP contribution in [0.25, 0.3) is 0 Å². The van der Waals surface area contributed by atoms with Crippen molar-refractivity contribution < 1.29 is 19.4 Å². The zero-order valence-corrected chi connectivity index (χ0v) is 13.7. The van der Waals surface area contributed by atoms with Crippen molar-refractivity contribution in [3.63, 3.8) is 0 Å². The Labute approximate surface area is 139 Å². The van der Waals surface area contributed by atoms with Crippen LogP contribution in [0.4, 0.5) is 0 Å². The van der Waals surface area contributed by atoms with Gasteiger partial charge in [-0.25, -0.2) is 0 Å². The van der Waals surface area contributed by atoms with E-state index >= 15 is 0 Å². The predicted molar refractivity (Wildman–Crippen MR) is 83.6 cm³/mol. The van der Waals surface area contributed by atoms with Gasteiger partial charge in [-0.1, -0.05) is 11.6 Å². The molecule has 2 aliphatic rings. The minimum atomic E-state index is -0.849. The molecule has 0 unspecified atom stereocenters. The van der Waals surface area contributed by atoms with E-state index in [9.17, 15) is 9.59 Å². The molecule has 23 heavy (non-hydrogen) atoms. The van der Waals surface area contributed by atoms with Gasteiger partial charge in [-0.05, 0) is 6.07 Å². The molecule has 8 heteroatoms. The molecule has 0 spiro atoms. The maximum Gasteiger partial charge on any atom is 0.317 e. The largest absolute Gasteiger partial charge is 0.480 e. The van der Waals surface area contributed by atoms with Crippen molar-refractivity contribution in [1.82, 2.24) is 14.4 Å². The normalized spacial score (nSPS) is 25.2. The predicted octanol–water partition coefficient (Wildman–Crippen LogP) is 0.536. The van der Waals surface area contributed by atoms with Crippen LogP contribution in [0.1, 0.15) is 10.5 Å². The van der Waals surface area contributed by atoms with Crippen molar-refractivity contribution in [2.24, 2.45) is 13.0 Å². The monoisotopic (exact) mass is 341 g/mol. The van der Waals surface area contributed by atoms with Gasteiger partial charge < -0.3 is 19.3 Å². The summed E-state index contributed by atoms with van der Waals surface area (Å²) in [5.74, 6) is -0.823. The maximum atomic E-state index is 12.9. The van der Waals surface area contributed by atoms with Crippen molar-refractivity contribution in [3.8, 4) is 0 Å². The number of hydrogen-bond acceptors (Lipinski definition) is 4. The number of nitrogens with zero attached hydrogens (tertiary/aromatic N) is 3. The Bertz CT molecular complexity index is 618. The average Bonchev–Trinajstić information content (AvgIpc) is 2.61. The van der Waals surface area contributed by atoms with Crippen molar-refractivity contribution in [1.29, 1.82) is 0 Å². The van der Waals surface area contributed by atoms with Gasteiger partial charge in [-0.15, -0.1) is 0 Å². The van der Waals surface area contributed by atoms with Crippen LogP contribution in [-0.4, -0.2) is 76.8 Å². The van der Waals surface area contributed by atoms with E-state index in [1.165, 1.54) is 0 Å². The zero-order chi connectivity index (χ0) is 16.6. The lowest BCUT2D eigenvalue weighted by molar-refractivity contribution is -0.138. The SMILES string of the molecule is Cn1cc(Cl)cc1C(=O)N1C[C@H]2COC[C@@H]1CN(CC(=O)O)C2. The summed E-state index contributed by atoms with van der Waals surface area (Å²) in [6, 6.07) is 1.51. The van der Waals surface area contributed by atoms with Gasteiger partial charge in [0, 0.05) is 38.8 Å². The van der Waals surface area contributed by atoms with Crippen molar-refractivity contribution in [2.45, 2.75) is 6.04 Å². The number of aryl methyl sites for hydroxylation is 1. The van der Waals surface area contributed by atoms with Crippen LogP contribution in [0.15, 0.2) is 12.3 Å². The van der Waals surface area contributed by atoms with Crippen molar-refractivity contribution in [2.75, 3.05) is 39.4 Å².